The largest absolute Gasteiger partial charge is 0.380 e. The van der Waals surface area contributed by atoms with Crippen molar-refractivity contribution in [1.82, 2.24) is 5.32 Å². The standard InChI is InChI=1S/C13H26N2OS/c1-4-5-12-10-15-13(17-12)14-7-9-16-8-6-11(2)3/h11-12H,4-10H2,1-3H3,(H,14,15). The molecule has 0 spiro atoms. The first-order chi connectivity index (χ1) is 8.22. The van der Waals surface area contributed by atoms with E-state index in [1.54, 1.807) is 0 Å². The maximum Gasteiger partial charge on any atom is 0.157 e. The van der Waals surface area contributed by atoms with Gasteiger partial charge in [-0.1, -0.05) is 39.0 Å². The number of hydrogen-bond donors (Lipinski definition) is 1. The molecule has 0 fully saturated rings. The molecular formula is C13H26N2OS. The molecule has 3 nitrogen and oxygen atoms in total. The average molecular weight is 258 g/mol. The number of nitrogens with zero attached hydrogens (tertiary/aromatic N) is 1. The SMILES string of the molecule is CCCC1CN=C(NCCOCCC(C)C)S1. The van der Waals surface area contributed by atoms with Gasteiger partial charge in [0.1, 0.15) is 0 Å². The van der Waals surface area contributed by atoms with Gasteiger partial charge < -0.3 is 10.1 Å². The van der Waals surface area contributed by atoms with E-state index in [1.807, 2.05) is 11.8 Å². The van der Waals surface area contributed by atoms with Gasteiger partial charge in [0.2, 0.25) is 0 Å². The van der Waals surface area contributed by atoms with Gasteiger partial charge in [0.25, 0.3) is 0 Å². The maximum absolute atomic E-state index is 5.55. The highest BCUT2D eigenvalue weighted by atomic mass is 32.2. The molecule has 1 atom stereocenters. The number of ether oxygens (including phenoxy) is 1. The topological polar surface area (TPSA) is 33.6 Å². The summed E-state index contributed by atoms with van der Waals surface area (Å²) in [5.74, 6) is 0.729. The minimum atomic E-state index is 0.698. The molecule has 0 aliphatic carbocycles. The van der Waals surface area contributed by atoms with E-state index in [9.17, 15) is 0 Å². The van der Waals surface area contributed by atoms with Crippen molar-refractivity contribution in [3.05, 3.63) is 0 Å². The molecule has 100 valence electrons. The Morgan fingerprint density at radius 1 is 1.47 bits per heavy atom. The van der Waals surface area contributed by atoms with Crippen LogP contribution >= 0.6 is 11.8 Å². The molecule has 0 aromatic carbocycles. The summed E-state index contributed by atoms with van der Waals surface area (Å²) in [6.45, 7) is 10.2. The lowest BCUT2D eigenvalue weighted by atomic mass is 10.1. The van der Waals surface area contributed by atoms with Gasteiger partial charge in [-0.3, -0.25) is 4.99 Å². The highest BCUT2D eigenvalue weighted by Crippen LogP contribution is 2.23. The summed E-state index contributed by atoms with van der Waals surface area (Å²) in [6.07, 6.45) is 3.66. The highest BCUT2D eigenvalue weighted by Gasteiger charge is 2.17. The van der Waals surface area contributed by atoms with Crippen molar-refractivity contribution >= 4 is 16.9 Å². The fourth-order valence-electron chi connectivity index (χ4n) is 1.64. The van der Waals surface area contributed by atoms with Crippen LogP contribution < -0.4 is 5.32 Å². The Hall–Kier alpha value is -0.220. The first-order valence-corrected chi connectivity index (χ1v) is 7.63. The van der Waals surface area contributed by atoms with Gasteiger partial charge in [-0.2, -0.15) is 0 Å². The Bertz CT molecular complexity index is 231. The summed E-state index contributed by atoms with van der Waals surface area (Å²) in [5, 5.41) is 5.15. The van der Waals surface area contributed by atoms with Crippen LogP contribution in [-0.4, -0.2) is 36.7 Å². The summed E-state index contributed by atoms with van der Waals surface area (Å²) in [4.78, 5) is 4.49. The Morgan fingerprint density at radius 2 is 2.29 bits per heavy atom. The summed E-state index contributed by atoms with van der Waals surface area (Å²) >= 11 is 1.89. The Morgan fingerprint density at radius 3 is 3.00 bits per heavy atom. The van der Waals surface area contributed by atoms with E-state index in [2.05, 4.69) is 31.1 Å². The van der Waals surface area contributed by atoms with Crippen molar-refractivity contribution in [3.63, 3.8) is 0 Å². The molecular weight excluding hydrogens is 232 g/mol. The average Bonchev–Trinajstić information content (AvgIpc) is 2.71. The van der Waals surface area contributed by atoms with E-state index in [0.29, 0.717) is 5.25 Å². The zero-order valence-corrected chi connectivity index (χ0v) is 12.2. The molecule has 0 aromatic heterocycles. The monoisotopic (exact) mass is 258 g/mol. The third-order valence-corrected chi connectivity index (χ3v) is 3.90. The minimum absolute atomic E-state index is 0.698. The molecule has 1 heterocycles. The molecule has 0 radical (unpaired) electrons. The van der Waals surface area contributed by atoms with E-state index < -0.39 is 0 Å². The first-order valence-electron chi connectivity index (χ1n) is 6.75. The van der Waals surface area contributed by atoms with E-state index in [-0.39, 0.29) is 0 Å². The number of thioether (sulfide) groups is 1. The quantitative estimate of drug-likeness (QED) is 0.680. The summed E-state index contributed by atoms with van der Waals surface area (Å²) < 4.78 is 5.55. The van der Waals surface area contributed by atoms with E-state index in [4.69, 9.17) is 4.74 Å². The van der Waals surface area contributed by atoms with Crippen LogP contribution in [0.3, 0.4) is 0 Å². The van der Waals surface area contributed by atoms with Gasteiger partial charge in [-0.05, 0) is 18.8 Å². The molecule has 1 N–H and O–H groups in total. The number of aliphatic imine (C=N–C) groups is 1. The zero-order valence-electron chi connectivity index (χ0n) is 11.4. The van der Waals surface area contributed by atoms with Gasteiger partial charge in [0, 0.05) is 18.4 Å². The second-order valence-corrected chi connectivity index (χ2v) is 6.19. The molecule has 1 aliphatic rings. The smallest absolute Gasteiger partial charge is 0.157 e. The number of hydrogen-bond acceptors (Lipinski definition) is 4. The third kappa shape index (κ3) is 6.94. The van der Waals surface area contributed by atoms with E-state index >= 15 is 0 Å². The van der Waals surface area contributed by atoms with Crippen LogP contribution in [0.4, 0.5) is 0 Å². The fraction of sp³-hybridized carbons (Fsp3) is 0.923. The summed E-state index contributed by atoms with van der Waals surface area (Å²) in [5.41, 5.74) is 0. The highest BCUT2D eigenvalue weighted by molar-refractivity contribution is 8.14. The Labute approximate surface area is 110 Å². The molecule has 4 heteroatoms. The molecule has 1 unspecified atom stereocenters. The van der Waals surface area contributed by atoms with Crippen molar-refractivity contribution < 1.29 is 4.74 Å². The lowest BCUT2D eigenvalue weighted by Crippen LogP contribution is -2.24. The van der Waals surface area contributed by atoms with Gasteiger partial charge in [0.15, 0.2) is 5.17 Å². The van der Waals surface area contributed by atoms with Crippen molar-refractivity contribution in [3.8, 4) is 0 Å². The molecule has 0 aromatic rings. The van der Waals surface area contributed by atoms with Crippen LogP contribution in [-0.2, 0) is 4.74 Å². The van der Waals surface area contributed by atoms with Crippen molar-refractivity contribution in [2.45, 2.75) is 45.3 Å². The molecule has 17 heavy (non-hydrogen) atoms. The number of nitrogens with one attached hydrogen (secondary N) is 1. The van der Waals surface area contributed by atoms with Gasteiger partial charge in [-0.15, -0.1) is 0 Å². The second-order valence-electron chi connectivity index (χ2n) is 4.90. The van der Waals surface area contributed by atoms with Crippen LogP contribution in [0, 0.1) is 5.92 Å². The summed E-state index contributed by atoms with van der Waals surface area (Å²) in [7, 11) is 0. The predicted octanol–water partition coefficient (Wildman–Crippen LogP) is 2.91. The number of amidine groups is 1. The predicted molar refractivity (Wildman–Crippen MR) is 76.9 cm³/mol. The van der Waals surface area contributed by atoms with Crippen LogP contribution in [0.2, 0.25) is 0 Å². The third-order valence-electron chi connectivity index (χ3n) is 2.69. The Kier molecular flexibility index (Phi) is 7.69. The minimum Gasteiger partial charge on any atom is -0.380 e. The van der Waals surface area contributed by atoms with Crippen molar-refractivity contribution in [2.24, 2.45) is 10.9 Å². The number of rotatable bonds is 8. The fourth-order valence-corrected chi connectivity index (χ4v) is 2.79. The van der Waals surface area contributed by atoms with Crippen molar-refractivity contribution in [1.29, 1.82) is 0 Å². The lowest BCUT2D eigenvalue weighted by molar-refractivity contribution is 0.128. The maximum atomic E-state index is 5.55. The van der Waals surface area contributed by atoms with Gasteiger partial charge in [-0.25, -0.2) is 0 Å². The van der Waals surface area contributed by atoms with E-state index in [0.717, 1.165) is 43.8 Å². The molecule has 0 saturated heterocycles. The van der Waals surface area contributed by atoms with E-state index in [1.165, 1.54) is 12.8 Å². The van der Waals surface area contributed by atoms with Crippen LogP contribution in [0.25, 0.3) is 0 Å². The molecule has 0 saturated carbocycles. The summed E-state index contributed by atoms with van der Waals surface area (Å²) in [6, 6.07) is 0. The molecule has 1 aliphatic heterocycles. The molecule has 1 rings (SSSR count). The lowest BCUT2D eigenvalue weighted by Gasteiger charge is -2.09. The van der Waals surface area contributed by atoms with Gasteiger partial charge in [0.05, 0.1) is 13.2 Å². The van der Waals surface area contributed by atoms with Crippen LogP contribution in [0.1, 0.15) is 40.0 Å². The molecule has 0 bridgehead atoms. The Balaban J connectivity index is 1.94. The molecule has 0 amide bonds. The van der Waals surface area contributed by atoms with Crippen LogP contribution in [0.15, 0.2) is 4.99 Å². The van der Waals surface area contributed by atoms with Crippen molar-refractivity contribution in [2.75, 3.05) is 26.3 Å². The normalized spacial score (nSPS) is 19.8. The zero-order chi connectivity index (χ0) is 12.5. The van der Waals surface area contributed by atoms with Crippen LogP contribution in [0.5, 0.6) is 0 Å². The van der Waals surface area contributed by atoms with Gasteiger partial charge >= 0.3 is 0 Å². The second kappa shape index (κ2) is 8.81. The first kappa shape index (κ1) is 14.8.